The van der Waals surface area contributed by atoms with Gasteiger partial charge in [0.15, 0.2) is 5.96 Å². The number of nitrogens with zero attached hydrogens (tertiary/aromatic N) is 1. The molecule has 0 bridgehead atoms. The standard InChI is InChI=1S/C6H14N4O2.Ce/c7-4(5(11)12)2-1-3-10-6(8)9;/h4H,1-3,7H2,(H,11,12)(H4,8,9,10);. The van der Waals surface area contributed by atoms with Crippen molar-refractivity contribution < 1.29 is 51.6 Å². The van der Waals surface area contributed by atoms with E-state index in [1.807, 2.05) is 0 Å². The maximum atomic E-state index is 10.2. The maximum Gasteiger partial charge on any atom is 0.320 e. The van der Waals surface area contributed by atoms with Crippen molar-refractivity contribution in [3.05, 3.63) is 0 Å². The fraction of sp³-hybridized carbons (Fsp3) is 0.667. The summed E-state index contributed by atoms with van der Waals surface area (Å²) >= 11 is 0. The van der Waals surface area contributed by atoms with Crippen molar-refractivity contribution in [2.75, 3.05) is 6.54 Å². The summed E-state index contributed by atoms with van der Waals surface area (Å²) in [5.74, 6) is -0.987. The van der Waals surface area contributed by atoms with Crippen LogP contribution < -0.4 is 17.2 Å². The number of rotatable bonds is 5. The number of guanidine groups is 1. The number of aliphatic carboxylic acids is 1. The summed E-state index contributed by atoms with van der Waals surface area (Å²) in [7, 11) is 0. The van der Waals surface area contributed by atoms with Gasteiger partial charge in [-0.1, -0.05) is 0 Å². The molecule has 0 aromatic heterocycles. The maximum absolute atomic E-state index is 10.2. The topological polar surface area (TPSA) is 128 Å². The van der Waals surface area contributed by atoms with Gasteiger partial charge in [-0.3, -0.25) is 9.79 Å². The fourth-order valence-electron chi connectivity index (χ4n) is 0.643. The Morgan fingerprint density at radius 1 is 1.46 bits per heavy atom. The van der Waals surface area contributed by atoms with Gasteiger partial charge in [-0.05, 0) is 12.8 Å². The quantitative estimate of drug-likeness (QED) is 0.277. The van der Waals surface area contributed by atoms with E-state index in [-0.39, 0.29) is 47.7 Å². The summed E-state index contributed by atoms with van der Waals surface area (Å²) in [5.41, 5.74) is 15.3. The number of carbonyl (C=O) groups is 1. The summed E-state index contributed by atoms with van der Waals surface area (Å²) in [6.45, 7) is 0.420. The molecule has 13 heavy (non-hydrogen) atoms. The van der Waals surface area contributed by atoms with E-state index in [1.54, 1.807) is 0 Å². The Morgan fingerprint density at radius 2 is 2.00 bits per heavy atom. The van der Waals surface area contributed by atoms with Gasteiger partial charge in [-0.15, -0.1) is 0 Å². The van der Waals surface area contributed by atoms with Gasteiger partial charge in [0.2, 0.25) is 0 Å². The average molecular weight is 314 g/mol. The van der Waals surface area contributed by atoms with E-state index >= 15 is 0 Å². The molecule has 7 heteroatoms. The van der Waals surface area contributed by atoms with Crippen LogP contribution in [0.5, 0.6) is 0 Å². The Labute approximate surface area is 110 Å². The predicted octanol–water partition coefficient (Wildman–Crippen LogP) is -1.55. The van der Waals surface area contributed by atoms with E-state index in [1.165, 1.54) is 0 Å². The molecule has 1 atom stereocenters. The van der Waals surface area contributed by atoms with Gasteiger partial charge in [-0.25, -0.2) is 0 Å². The minimum Gasteiger partial charge on any atom is -0.480 e. The van der Waals surface area contributed by atoms with E-state index in [4.69, 9.17) is 22.3 Å². The van der Waals surface area contributed by atoms with Crippen LogP contribution in [0, 0.1) is 41.7 Å². The van der Waals surface area contributed by atoms with Gasteiger partial charge in [0.25, 0.3) is 0 Å². The molecule has 1 unspecified atom stereocenters. The zero-order chi connectivity index (χ0) is 9.56. The molecule has 0 aliphatic rings. The van der Waals surface area contributed by atoms with E-state index in [2.05, 4.69) is 4.99 Å². The SMILES string of the molecule is NC(N)=NCCCC(N)C(=O)O.[Ce]. The largest absolute Gasteiger partial charge is 0.480 e. The van der Waals surface area contributed by atoms with Gasteiger partial charge in [-0.2, -0.15) is 0 Å². The molecule has 0 heterocycles. The van der Waals surface area contributed by atoms with Crippen molar-refractivity contribution in [3.63, 3.8) is 0 Å². The monoisotopic (exact) mass is 314 g/mol. The first-order valence-corrected chi connectivity index (χ1v) is 3.58. The van der Waals surface area contributed by atoms with Crippen molar-refractivity contribution in [2.24, 2.45) is 22.2 Å². The molecule has 7 N–H and O–H groups in total. The van der Waals surface area contributed by atoms with Gasteiger partial charge < -0.3 is 22.3 Å². The second-order valence-corrected chi connectivity index (χ2v) is 2.39. The average Bonchev–Trinajstić information content (AvgIpc) is 1.97. The Balaban J connectivity index is 0. The van der Waals surface area contributed by atoms with Crippen LogP contribution in [0.2, 0.25) is 0 Å². The van der Waals surface area contributed by atoms with Crippen LogP contribution in [0.15, 0.2) is 4.99 Å². The summed E-state index contributed by atoms with van der Waals surface area (Å²) in [5, 5.41) is 8.38. The number of aliphatic imine (C=N–C) groups is 1. The number of carboxylic acid groups (broad SMARTS) is 1. The van der Waals surface area contributed by atoms with Gasteiger partial charge in [0.05, 0.1) is 0 Å². The third-order valence-electron chi connectivity index (χ3n) is 1.28. The van der Waals surface area contributed by atoms with Crippen LogP contribution in [0.1, 0.15) is 12.8 Å². The van der Waals surface area contributed by atoms with Crippen LogP contribution in [-0.4, -0.2) is 29.6 Å². The molecule has 0 radical (unpaired) electrons. The van der Waals surface area contributed by atoms with Gasteiger partial charge in [0, 0.05) is 48.3 Å². The molecule has 74 valence electrons. The molecule has 0 aliphatic carbocycles. The molecular weight excluding hydrogens is 300 g/mol. The fourth-order valence-corrected chi connectivity index (χ4v) is 0.643. The molecule has 0 aliphatic heterocycles. The first kappa shape index (κ1) is 15.5. The van der Waals surface area contributed by atoms with Crippen LogP contribution >= 0.6 is 0 Å². The molecule has 0 saturated carbocycles. The Morgan fingerprint density at radius 3 is 2.38 bits per heavy atom. The third-order valence-corrected chi connectivity index (χ3v) is 1.28. The number of hydrogen-bond donors (Lipinski definition) is 4. The van der Waals surface area contributed by atoms with Crippen molar-refractivity contribution >= 4 is 11.9 Å². The van der Waals surface area contributed by atoms with Gasteiger partial charge in [0.1, 0.15) is 6.04 Å². The van der Waals surface area contributed by atoms with Crippen LogP contribution in [0.4, 0.5) is 0 Å². The van der Waals surface area contributed by atoms with Crippen molar-refractivity contribution in [2.45, 2.75) is 18.9 Å². The molecule has 0 aromatic rings. The van der Waals surface area contributed by atoms with Crippen molar-refractivity contribution in [1.29, 1.82) is 0 Å². The van der Waals surface area contributed by atoms with Crippen LogP contribution in [0.3, 0.4) is 0 Å². The molecule has 6 nitrogen and oxygen atoms in total. The molecule has 0 fully saturated rings. The minimum absolute atomic E-state index is 0. The van der Waals surface area contributed by atoms with E-state index in [0.717, 1.165) is 0 Å². The Bertz CT molecular complexity index is 181. The second-order valence-electron chi connectivity index (χ2n) is 2.39. The molecular formula is C6H14CeN4O2. The van der Waals surface area contributed by atoms with E-state index in [9.17, 15) is 4.79 Å². The number of nitrogens with two attached hydrogens (primary N) is 3. The predicted molar refractivity (Wildman–Crippen MR) is 45.5 cm³/mol. The molecule has 0 spiro atoms. The second kappa shape index (κ2) is 8.67. The van der Waals surface area contributed by atoms with Crippen molar-refractivity contribution in [3.8, 4) is 0 Å². The normalized spacial score (nSPS) is 11.2. The Hall–Kier alpha value is 0.0766. The summed E-state index contributed by atoms with van der Waals surface area (Å²) in [6, 6.07) is -0.820. The first-order valence-electron chi connectivity index (χ1n) is 3.58. The first-order chi connectivity index (χ1) is 5.54. The van der Waals surface area contributed by atoms with E-state index < -0.39 is 12.0 Å². The zero-order valence-electron chi connectivity index (χ0n) is 7.23. The summed E-state index contributed by atoms with van der Waals surface area (Å²) < 4.78 is 0. The molecule has 0 aromatic carbocycles. The van der Waals surface area contributed by atoms with Crippen molar-refractivity contribution in [1.82, 2.24) is 0 Å². The zero-order valence-corrected chi connectivity index (χ0v) is 10.4. The minimum atomic E-state index is -1.00. The molecule has 0 saturated heterocycles. The number of hydrogen-bond acceptors (Lipinski definition) is 3. The van der Waals surface area contributed by atoms with Gasteiger partial charge >= 0.3 is 5.97 Å². The van der Waals surface area contributed by atoms with E-state index in [0.29, 0.717) is 19.4 Å². The van der Waals surface area contributed by atoms with Crippen LogP contribution in [0.25, 0.3) is 0 Å². The van der Waals surface area contributed by atoms with Crippen LogP contribution in [-0.2, 0) is 4.79 Å². The third kappa shape index (κ3) is 9.99. The number of carboxylic acids is 1. The summed E-state index contributed by atoms with van der Waals surface area (Å²) in [6.07, 6.45) is 0.956. The summed E-state index contributed by atoms with van der Waals surface area (Å²) in [4.78, 5) is 13.9. The molecule has 0 rings (SSSR count). The smallest absolute Gasteiger partial charge is 0.320 e. The molecule has 0 amide bonds. The Kier molecular flexibility index (Phi) is 10.4.